The van der Waals surface area contributed by atoms with E-state index in [4.69, 9.17) is 4.99 Å². The molecule has 0 atom stereocenters. The Labute approximate surface area is 307 Å². The number of fused-ring (bicyclic) bond motifs is 5. The van der Waals surface area contributed by atoms with E-state index in [1.54, 1.807) is 6.92 Å². The molecule has 4 aromatic rings. The summed E-state index contributed by atoms with van der Waals surface area (Å²) in [5, 5.41) is 40.2. The minimum Gasteiger partial charge on any atom is -0.247 e. The van der Waals surface area contributed by atoms with Crippen LogP contribution in [0, 0.1) is 57.0 Å². The van der Waals surface area contributed by atoms with Gasteiger partial charge in [-0.05, 0) is 107 Å². The fourth-order valence-corrected chi connectivity index (χ4v) is 7.22. The topological polar surface area (TPSA) is 108 Å². The molecule has 3 aliphatic rings. The maximum atomic E-state index is 14.5. The molecule has 0 bridgehead atoms. The minimum absolute atomic E-state index is 0.105. The van der Waals surface area contributed by atoms with Crippen LogP contribution in [0.4, 0.5) is 35.1 Å². The molecule has 268 valence electrons. The van der Waals surface area contributed by atoms with Gasteiger partial charge in [-0.1, -0.05) is 29.8 Å². The molecule has 0 saturated carbocycles. The van der Waals surface area contributed by atoms with Crippen LogP contribution in [0.15, 0.2) is 106 Å². The first-order valence-corrected chi connectivity index (χ1v) is 16.3. The largest absolute Gasteiger partial charge is 0.416 e. The van der Waals surface area contributed by atoms with E-state index in [-0.39, 0.29) is 74.2 Å². The molecule has 13 heteroatoms. The van der Waals surface area contributed by atoms with Crippen molar-refractivity contribution < 1.29 is 35.1 Å². The molecule has 1 aliphatic heterocycles. The smallest absolute Gasteiger partial charge is 0.247 e. The third-order valence-electron chi connectivity index (χ3n) is 9.63. The van der Waals surface area contributed by atoms with Crippen molar-refractivity contribution in [3.63, 3.8) is 0 Å². The molecule has 1 heterocycles. The van der Waals surface area contributed by atoms with Crippen LogP contribution >= 0.6 is 0 Å². The summed E-state index contributed by atoms with van der Waals surface area (Å²) in [6.45, 7) is 1.74. The molecular weight excluding hydrogens is 726 g/mol. The number of aliphatic imine (C=N–C) groups is 1. The van der Waals surface area contributed by atoms with Gasteiger partial charge < -0.3 is 0 Å². The van der Waals surface area contributed by atoms with Crippen LogP contribution < -0.4 is 0 Å². The summed E-state index contributed by atoms with van der Waals surface area (Å²) < 4.78 is 111. The molecule has 0 amide bonds. The van der Waals surface area contributed by atoms with Gasteiger partial charge in [-0.25, -0.2) is 13.8 Å². The van der Waals surface area contributed by atoms with E-state index in [1.165, 1.54) is 36.4 Å². The number of nitriles is 4. The summed E-state index contributed by atoms with van der Waals surface area (Å²) >= 11 is 0. The van der Waals surface area contributed by atoms with Crippen molar-refractivity contribution in [2.45, 2.75) is 32.1 Å². The quantitative estimate of drug-likeness (QED) is 0.150. The lowest BCUT2D eigenvalue weighted by Gasteiger charge is -2.16. The predicted molar refractivity (Wildman–Crippen MR) is 185 cm³/mol. The molecule has 0 unspecified atom stereocenters. The highest BCUT2D eigenvalue weighted by Gasteiger charge is 2.38. The van der Waals surface area contributed by atoms with Crippen LogP contribution in [0.2, 0.25) is 0 Å². The van der Waals surface area contributed by atoms with Crippen molar-refractivity contribution in [3.05, 3.63) is 146 Å². The summed E-state index contributed by atoms with van der Waals surface area (Å²) in [5.74, 6) is -2.25. The monoisotopic (exact) mass is 745 g/mol. The summed E-state index contributed by atoms with van der Waals surface area (Å²) in [6.07, 6.45) is -9.26. The number of nitrogens with zero attached hydrogens (tertiary/aromatic N) is 5. The van der Waals surface area contributed by atoms with E-state index in [0.717, 1.165) is 24.3 Å². The summed E-state index contributed by atoms with van der Waals surface area (Å²) in [5.41, 5.74) is 0.832. The minimum atomic E-state index is -4.84. The third kappa shape index (κ3) is 6.16. The molecule has 2 aliphatic carbocycles. The zero-order chi connectivity index (χ0) is 39.6. The molecule has 7 rings (SSSR count). The molecule has 0 spiro atoms. The highest BCUT2D eigenvalue weighted by atomic mass is 19.4. The number of halogens is 8. The molecule has 5 nitrogen and oxygen atoms in total. The Morgan fingerprint density at radius 2 is 1.04 bits per heavy atom. The van der Waals surface area contributed by atoms with E-state index in [2.05, 4.69) is 0 Å². The lowest BCUT2D eigenvalue weighted by molar-refractivity contribution is -0.138. The van der Waals surface area contributed by atoms with Gasteiger partial charge in [0.1, 0.15) is 47.1 Å². The Morgan fingerprint density at radius 1 is 0.564 bits per heavy atom. The van der Waals surface area contributed by atoms with Gasteiger partial charge in [-0.15, -0.1) is 0 Å². The van der Waals surface area contributed by atoms with Gasteiger partial charge in [0.25, 0.3) is 0 Å². The molecule has 0 aromatic heterocycles. The Morgan fingerprint density at radius 3 is 1.53 bits per heavy atom. The van der Waals surface area contributed by atoms with Crippen molar-refractivity contribution in [1.82, 2.24) is 0 Å². The second kappa shape index (κ2) is 13.1. The van der Waals surface area contributed by atoms with Gasteiger partial charge in [0, 0.05) is 27.8 Å². The molecule has 0 radical (unpaired) electrons. The van der Waals surface area contributed by atoms with Crippen molar-refractivity contribution in [2.75, 3.05) is 0 Å². The van der Waals surface area contributed by atoms with Gasteiger partial charge in [0.2, 0.25) is 0 Å². The van der Waals surface area contributed by atoms with Gasteiger partial charge in [-0.2, -0.15) is 47.4 Å². The average Bonchev–Trinajstić information content (AvgIpc) is 3.60. The number of alkyl halides is 6. The second-order valence-electron chi connectivity index (χ2n) is 12.9. The zero-order valence-corrected chi connectivity index (χ0v) is 28.1. The lowest BCUT2D eigenvalue weighted by atomic mass is 9.89. The number of allylic oxidation sites excluding steroid dienone is 7. The van der Waals surface area contributed by atoms with Crippen LogP contribution in [0.1, 0.15) is 53.1 Å². The van der Waals surface area contributed by atoms with Crippen LogP contribution in [0.25, 0.3) is 39.1 Å². The van der Waals surface area contributed by atoms with Crippen LogP contribution in [0.5, 0.6) is 0 Å². The first-order chi connectivity index (χ1) is 26.1. The highest BCUT2D eigenvalue weighted by molar-refractivity contribution is 6.32. The Bertz CT molecular complexity index is 2720. The Hall–Kier alpha value is -7.09. The fraction of sp³-hybridized carbons (Fsp3) is 0.119. The molecular formula is C42H19F8N5. The Balaban J connectivity index is 1.48. The maximum absolute atomic E-state index is 14.5. The molecule has 4 aromatic carbocycles. The van der Waals surface area contributed by atoms with Crippen LogP contribution in [-0.4, -0.2) is 5.71 Å². The van der Waals surface area contributed by atoms with Gasteiger partial charge >= 0.3 is 12.4 Å². The van der Waals surface area contributed by atoms with E-state index < -0.39 is 35.1 Å². The molecule has 55 heavy (non-hydrogen) atoms. The second-order valence-corrected chi connectivity index (χ2v) is 12.9. The predicted octanol–water partition coefficient (Wildman–Crippen LogP) is 11.3. The number of benzene rings is 4. The SMILES string of the molecule is CC1=C2C(=NC3=C(CC1)C(=C(C#N)C#N)c1cc(-c4cc(F)cc(C(F)(F)F)c4)ccc13)c1ccc(-c3cc(F)cc(C(F)(F)F)c3)cc1C2=C(C#N)C#N. The number of hydrogen-bond donors (Lipinski definition) is 0. The molecule has 0 fully saturated rings. The average molecular weight is 746 g/mol. The maximum Gasteiger partial charge on any atom is 0.416 e. The van der Waals surface area contributed by atoms with E-state index in [9.17, 15) is 56.2 Å². The van der Waals surface area contributed by atoms with E-state index in [0.29, 0.717) is 45.7 Å². The summed E-state index contributed by atoms with van der Waals surface area (Å²) in [4.78, 5) is 5.04. The molecule has 0 saturated heterocycles. The number of rotatable bonds is 2. The van der Waals surface area contributed by atoms with Gasteiger partial charge in [0.05, 0.1) is 22.5 Å². The van der Waals surface area contributed by atoms with Gasteiger partial charge in [-0.3, -0.25) is 0 Å². The van der Waals surface area contributed by atoms with Crippen LogP contribution in [0.3, 0.4) is 0 Å². The third-order valence-corrected chi connectivity index (χ3v) is 9.63. The summed E-state index contributed by atoms with van der Waals surface area (Å²) in [6, 6.07) is 20.6. The summed E-state index contributed by atoms with van der Waals surface area (Å²) in [7, 11) is 0. The highest BCUT2D eigenvalue weighted by Crippen LogP contribution is 2.52. The van der Waals surface area contributed by atoms with E-state index >= 15 is 0 Å². The first kappa shape index (κ1) is 36.3. The fourth-order valence-electron chi connectivity index (χ4n) is 7.22. The van der Waals surface area contributed by atoms with E-state index in [1.807, 2.05) is 24.3 Å². The Kier molecular flexibility index (Phi) is 8.63. The van der Waals surface area contributed by atoms with Crippen LogP contribution in [-0.2, 0) is 12.4 Å². The number of hydrogen-bond acceptors (Lipinski definition) is 5. The van der Waals surface area contributed by atoms with Crippen molar-refractivity contribution >= 4 is 22.6 Å². The molecule has 0 N–H and O–H groups in total. The first-order valence-electron chi connectivity index (χ1n) is 16.3. The zero-order valence-electron chi connectivity index (χ0n) is 28.1. The van der Waals surface area contributed by atoms with Crippen molar-refractivity contribution in [1.29, 1.82) is 21.0 Å². The normalized spacial score (nSPS) is 14.7. The standard InChI is InChI=1S/C42H19F8N5/c1-20-2-5-33-37(25(16-51)17-52)34-12-21(23-8-27(41(45,46)47)14-29(43)10-23)3-6-31(34)39(33)55-40-32-7-4-22(13-35(32)38(36(20)40)26(18-53)19-54)24-9-28(42(48,49)50)15-30(44)11-24/h3-4,6-15H,2,5H2,1H3. The lowest BCUT2D eigenvalue weighted by Crippen LogP contribution is -2.06. The van der Waals surface area contributed by atoms with Crippen molar-refractivity contribution in [2.24, 2.45) is 4.99 Å². The van der Waals surface area contributed by atoms with Gasteiger partial charge in [0.15, 0.2) is 0 Å². The van der Waals surface area contributed by atoms with Crippen molar-refractivity contribution in [3.8, 4) is 46.5 Å².